The standard InChI is InChI=1S/C15H26N4O2S/c1-12-9-18-13(22-12)3-6-17-14(16-2)19-10-15(4-7-20)5-8-21-11-15/h9,20H,3-8,10-11H2,1-2H3,(H2,16,17,19). The number of aromatic nitrogens is 1. The number of nitrogens with zero attached hydrogens (tertiary/aromatic N) is 2. The van der Waals surface area contributed by atoms with Crippen molar-refractivity contribution in [3.63, 3.8) is 0 Å². The van der Waals surface area contributed by atoms with Crippen molar-refractivity contribution in [3.8, 4) is 0 Å². The van der Waals surface area contributed by atoms with Gasteiger partial charge in [-0.25, -0.2) is 4.98 Å². The van der Waals surface area contributed by atoms with Crippen molar-refractivity contribution in [1.82, 2.24) is 15.6 Å². The second-order valence-corrected chi connectivity index (χ2v) is 7.06. The highest BCUT2D eigenvalue weighted by molar-refractivity contribution is 7.11. The number of aryl methyl sites for hydroxylation is 1. The van der Waals surface area contributed by atoms with Crippen molar-refractivity contribution in [2.45, 2.75) is 26.2 Å². The fourth-order valence-electron chi connectivity index (χ4n) is 2.61. The van der Waals surface area contributed by atoms with Gasteiger partial charge in [0.25, 0.3) is 0 Å². The van der Waals surface area contributed by atoms with Crippen LogP contribution in [-0.4, -0.2) is 56.0 Å². The molecular formula is C15H26N4O2S. The largest absolute Gasteiger partial charge is 0.396 e. The lowest BCUT2D eigenvalue weighted by Crippen LogP contribution is -2.45. The molecule has 0 spiro atoms. The maximum atomic E-state index is 9.25. The van der Waals surface area contributed by atoms with Crippen LogP contribution in [0.1, 0.15) is 22.7 Å². The Morgan fingerprint density at radius 3 is 3.00 bits per heavy atom. The molecule has 6 nitrogen and oxygen atoms in total. The molecule has 1 aliphatic rings. The molecule has 0 bridgehead atoms. The Hall–Kier alpha value is -1.18. The number of aliphatic imine (C=N–C) groups is 1. The van der Waals surface area contributed by atoms with Crippen LogP contribution in [0.15, 0.2) is 11.2 Å². The number of nitrogens with one attached hydrogen (secondary N) is 2. The zero-order chi connectivity index (χ0) is 15.8. The van der Waals surface area contributed by atoms with Gasteiger partial charge in [-0.1, -0.05) is 0 Å². The molecule has 1 fully saturated rings. The highest BCUT2D eigenvalue weighted by atomic mass is 32.1. The minimum atomic E-state index is 0.0266. The third kappa shape index (κ3) is 4.93. The number of ether oxygens (including phenoxy) is 1. The molecule has 1 saturated heterocycles. The van der Waals surface area contributed by atoms with E-state index in [0.29, 0.717) is 6.61 Å². The number of rotatable bonds is 7. The van der Waals surface area contributed by atoms with Crippen LogP contribution in [0.2, 0.25) is 0 Å². The zero-order valence-electron chi connectivity index (χ0n) is 13.4. The average Bonchev–Trinajstić information content (AvgIpc) is 3.13. The maximum absolute atomic E-state index is 9.25. The normalized spacial score (nSPS) is 22.0. The lowest BCUT2D eigenvalue weighted by molar-refractivity contribution is 0.127. The first-order chi connectivity index (χ1) is 10.7. The summed E-state index contributed by atoms with van der Waals surface area (Å²) < 4.78 is 5.50. The molecule has 1 aromatic rings. The first kappa shape index (κ1) is 17.2. The van der Waals surface area contributed by atoms with E-state index in [1.807, 2.05) is 6.20 Å². The van der Waals surface area contributed by atoms with Gasteiger partial charge in [0.15, 0.2) is 5.96 Å². The molecule has 1 aromatic heterocycles. The molecule has 1 aliphatic heterocycles. The van der Waals surface area contributed by atoms with Gasteiger partial charge in [0, 0.05) is 56.3 Å². The monoisotopic (exact) mass is 326 g/mol. The molecule has 1 unspecified atom stereocenters. The molecule has 2 rings (SSSR count). The van der Waals surface area contributed by atoms with E-state index in [9.17, 15) is 5.11 Å². The second kappa shape index (κ2) is 8.45. The Balaban J connectivity index is 1.74. The van der Waals surface area contributed by atoms with Gasteiger partial charge in [-0.05, 0) is 19.8 Å². The number of aliphatic hydroxyl groups is 1. The molecule has 3 N–H and O–H groups in total. The summed E-state index contributed by atoms with van der Waals surface area (Å²) >= 11 is 1.73. The molecule has 1 atom stereocenters. The SMILES string of the molecule is CN=C(NCCc1ncc(C)s1)NCC1(CCO)CCOC1. The Bertz CT molecular complexity index is 484. The van der Waals surface area contributed by atoms with E-state index >= 15 is 0 Å². The lowest BCUT2D eigenvalue weighted by Gasteiger charge is -2.27. The predicted molar refractivity (Wildman–Crippen MR) is 89.5 cm³/mol. The fraction of sp³-hybridized carbons (Fsp3) is 0.733. The molecule has 22 heavy (non-hydrogen) atoms. The van der Waals surface area contributed by atoms with Crippen LogP contribution in [0.4, 0.5) is 0 Å². The number of hydrogen-bond donors (Lipinski definition) is 3. The molecule has 0 aromatic carbocycles. The summed E-state index contributed by atoms with van der Waals surface area (Å²) in [7, 11) is 1.77. The molecule has 0 amide bonds. The number of guanidine groups is 1. The third-order valence-electron chi connectivity index (χ3n) is 3.98. The first-order valence-corrected chi connectivity index (χ1v) is 8.53. The van der Waals surface area contributed by atoms with Crippen LogP contribution in [0.25, 0.3) is 0 Å². The highest BCUT2D eigenvalue weighted by Gasteiger charge is 2.34. The second-order valence-electron chi connectivity index (χ2n) is 5.74. The van der Waals surface area contributed by atoms with Crippen molar-refractivity contribution in [2.24, 2.45) is 10.4 Å². The van der Waals surface area contributed by atoms with E-state index in [0.717, 1.165) is 49.9 Å². The maximum Gasteiger partial charge on any atom is 0.191 e. The topological polar surface area (TPSA) is 78.8 Å². The van der Waals surface area contributed by atoms with Crippen LogP contribution in [0, 0.1) is 12.3 Å². The van der Waals surface area contributed by atoms with E-state index < -0.39 is 0 Å². The van der Waals surface area contributed by atoms with E-state index in [1.165, 1.54) is 4.88 Å². The lowest BCUT2D eigenvalue weighted by atomic mass is 9.84. The summed E-state index contributed by atoms with van der Waals surface area (Å²) in [6.45, 7) is 5.31. The van der Waals surface area contributed by atoms with Gasteiger partial charge in [0.05, 0.1) is 11.6 Å². The summed E-state index contributed by atoms with van der Waals surface area (Å²) in [6, 6.07) is 0. The summed E-state index contributed by atoms with van der Waals surface area (Å²) in [5.74, 6) is 0.789. The molecule has 0 aliphatic carbocycles. The minimum absolute atomic E-state index is 0.0266. The smallest absolute Gasteiger partial charge is 0.191 e. The Kier molecular flexibility index (Phi) is 6.60. The average molecular weight is 326 g/mol. The van der Waals surface area contributed by atoms with Gasteiger partial charge in [-0.3, -0.25) is 4.99 Å². The van der Waals surface area contributed by atoms with Crippen molar-refractivity contribution in [2.75, 3.05) is 40.0 Å². The van der Waals surface area contributed by atoms with Gasteiger partial charge in [0.1, 0.15) is 0 Å². The summed E-state index contributed by atoms with van der Waals surface area (Å²) in [5.41, 5.74) is 0.0266. The molecule has 7 heteroatoms. The molecule has 0 saturated carbocycles. The van der Waals surface area contributed by atoms with Crippen molar-refractivity contribution >= 4 is 17.3 Å². The van der Waals surface area contributed by atoms with Crippen LogP contribution >= 0.6 is 11.3 Å². The van der Waals surface area contributed by atoms with Crippen molar-refractivity contribution < 1.29 is 9.84 Å². The Labute approximate surface area is 136 Å². The summed E-state index contributed by atoms with van der Waals surface area (Å²) in [5, 5.41) is 17.1. The van der Waals surface area contributed by atoms with Gasteiger partial charge in [-0.2, -0.15) is 0 Å². The minimum Gasteiger partial charge on any atom is -0.396 e. The quantitative estimate of drug-likeness (QED) is 0.513. The van der Waals surface area contributed by atoms with Crippen LogP contribution < -0.4 is 10.6 Å². The summed E-state index contributed by atoms with van der Waals surface area (Å²) in [6.07, 6.45) is 4.54. The van der Waals surface area contributed by atoms with E-state index in [1.54, 1.807) is 18.4 Å². The van der Waals surface area contributed by atoms with Crippen molar-refractivity contribution in [3.05, 3.63) is 16.1 Å². The third-order valence-corrected chi connectivity index (χ3v) is 4.95. The molecule has 124 valence electrons. The van der Waals surface area contributed by atoms with E-state index in [2.05, 4.69) is 27.5 Å². The highest BCUT2D eigenvalue weighted by Crippen LogP contribution is 2.31. The fourth-order valence-corrected chi connectivity index (χ4v) is 3.39. The van der Waals surface area contributed by atoms with Crippen LogP contribution in [-0.2, 0) is 11.2 Å². The first-order valence-electron chi connectivity index (χ1n) is 7.72. The summed E-state index contributed by atoms with van der Waals surface area (Å²) in [4.78, 5) is 9.85. The van der Waals surface area contributed by atoms with Gasteiger partial charge >= 0.3 is 0 Å². The zero-order valence-corrected chi connectivity index (χ0v) is 14.2. The molecular weight excluding hydrogens is 300 g/mol. The van der Waals surface area contributed by atoms with Gasteiger partial charge in [0.2, 0.25) is 0 Å². The number of hydrogen-bond acceptors (Lipinski definition) is 5. The van der Waals surface area contributed by atoms with Gasteiger partial charge < -0.3 is 20.5 Å². The van der Waals surface area contributed by atoms with Crippen LogP contribution in [0.3, 0.4) is 0 Å². The van der Waals surface area contributed by atoms with Crippen molar-refractivity contribution in [1.29, 1.82) is 0 Å². The number of thiazole rings is 1. The molecule has 2 heterocycles. The van der Waals surface area contributed by atoms with E-state index in [4.69, 9.17) is 4.74 Å². The number of aliphatic hydroxyl groups excluding tert-OH is 1. The Morgan fingerprint density at radius 2 is 2.41 bits per heavy atom. The Morgan fingerprint density at radius 1 is 1.55 bits per heavy atom. The van der Waals surface area contributed by atoms with E-state index in [-0.39, 0.29) is 12.0 Å². The van der Waals surface area contributed by atoms with Gasteiger partial charge in [-0.15, -0.1) is 11.3 Å². The van der Waals surface area contributed by atoms with Crippen LogP contribution in [0.5, 0.6) is 0 Å². The predicted octanol–water partition coefficient (Wildman–Crippen LogP) is 0.948. The molecule has 0 radical (unpaired) electrons.